The molecule has 186 valence electrons. The molecule has 0 aromatic heterocycles. The number of halogens is 2. The van der Waals surface area contributed by atoms with E-state index in [1.54, 1.807) is 49.4 Å². The molecule has 2 aromatic rings. The molecular weight excluding hydrogens is 497 g/mol. The van der Waals surface area contributed by atoms with Crippen LogP contribution in [0.2, 0.25) is 10.0 Å². The van der Waals surface area contributed by atoms with Crippen LogP contribution in [0.1, 0.15) is 37.8 Å². The lowest BCUT2D eigenvalue weighted by atomic mass is 10.1. The van der Waals surface area contributed by atoms with Crippen LogP contribution in [0.25, 0.3) is 0 Å². The Bertz CT molecular complexity index is 1110. The van der Waals surface area contributed by atoms with E-state index in [1.165, 1.54) is 4.90 Å². The van der Waals surface area contributed by atoms with E-state index in [1.807, 2.05) is 13.8 Å². The minimum Gasteiger partial charge on any atom is -0.354 e. The minimum atomic E-state index is -3.76. The van der Waals surface area contributed by atoms with Crippen molar-refractivity contribution in [1.29, 1.82) is 0 Å². The number of carbonyl (C=O) groups is 2. The third-order valence-electron chi connectivity index (χ3n) is 5.27. The lowest BCUT2D eigenvalue weighted by molar-refractivity contribution is -0.140. The molecule has 34 heavy (non-hydrogen) atoms. The van der Waals surface area contributed by atoms with Gasteiger partial charge in [0.1, 0.15) is 12.6 Å². The van der Waals surface area contributed by atoms with Crippen LogP contribution in [-0.4, -0.2) is 50.5 Å². The van der Waals surface area contributed by atoms with Crippen molar-refractivity contribution in [2.24, 2.45) is 0 Å². The summed E-state index contributed by atoms with van der Waals surface area (Å²) < 4.78 is 26.2. The lowest BCUT2D eigenvalue weighted by Gasteiger charge is -2.33. The maximum Gasteiger partial charge on any atom is 0.244 e. The summed E-state index contributed by atoms with van der Waals surface area (Å²) in [5.74, 6) is -0.797. The molecule has 0 saturated carbocycles. The summed E-state index contributed by atoms with van der Waals surface area (Å²) in [5, 5.41) is 3.53. The highest BCUT2D eigenvalue weighted by atomic mass is 35.5. The van der Waals surface area contributed by atoms with Gasteiger partial charge in [-0.2, -0.15) is 0 Å². The zero-order chi connectivity index (χ0) is 25.5. The van der Waals surface area contributed by atoms with Crippen molar-refractivity contribution in [3.8, 4) is 0 Å². The summed E-state index contributed by atoms with van der Waals surface area (Å²) in [7, 11) is -3.76. The number of amides is 2. The van der Waals surface area contributed by atoms with Crippen molar-refractivity contribution >= 4 is 50.7 Å². The molecule has 2 aromatic carbocycles. The van der Waals surface area contributed by atoms with Crippen molar-refractivity contribution in [1.82, 2.24) is 10.2 Å². The van der Waals surface area contributed by atoms with Crippen LogP contribution in [0.3, 0.4) is 0 Å². The van der Waals surface area contributed by atoms with Gasteiger partial charge in [-0.3, -0.25) is 13.9 Å². The molecule has 0 spiro atoms. The fourth-order valence-electron chi connectivity index (χ4n) is 3.44. The van der Waals surface area contributed by atoms with Gasteiger partial charge in [-0.1, -0.05) is 60.8 Å². The van der Waals surface area contributed by atoms with E-state index < -0.39 is 28.5 Å². The average Bonchev–Trinajstić information content (AvgIpc) is 2.78. The summed E-state index contributed by atoms with van der Waals surface area (Å²) in [5.41, 5.74) is 2.01. The van der Waals surface area contributed by atoms with Crippen LogP contribution >= 0.6 is 23.2 Å². The Morgan fingerprint density at radius 2 is 1.68 bits per heavy atom. The topological polar surface area (TPSA) is 86.8 Å². The number of anilines is 1. The average molecular weight is 529 g/mol. The molecule has 0 aliphatic heterocycles. The van der Waals surface area contributed by atoms with Gasteiger partial charge >= 0.3 is 0 Å². The maximum atomic E-state index is 13.6. The van der Waals surface area contributed by atoms with Crippen LogP contribution in [-0.2, 0) is 26.2 Å². The predicted molar refractivity (Wildman–Crippen MR) is 138 cm³/mol. The maximum absolute atomic E-state index is 13.6. The van der Waals surface area contributed by atoms with E-state index in [-0.39, 0.29) is 12.5 Å². The van der Waals surface area contributed by atoms with Gasteiger partial charge in [0.05, 0.1) is 22.0 Å². The molecule has 2 amide bonds. The summed E-state index contributed by atoms with van der Waals surface area (Å²) in [6.07, 6.45) is 2.15. The van der Waals surface area contributed by atoms with Crippen LogP contribution in [0, 0.1) is 6.92 Å². The number of nitrogens with one attached hydrogen (secondary N) is 1. The molecule has 0 bridgehead atoms. The first kappa shape index (κ1) is 28.0. The summed E-state index contributed by atoms with van der Waals surface area (Å²) in [4.78, 5) is 27.9. The molecule has 1 N–H and O–H groups in total. The van der Waals surface area contributed by atoms with Gasteiger partial charge in [0.25, 0.3) is 0 Å². The zero-order valence-electron chi connectivity index (χ0n) is 19.8. The normalized spacial score (nSPS) is 12.2. The van der Waals surface area contributed by atoms with Crippen LogP contribution in [0.15, 0.2) is 42.5 Å². The van der Waals surface area contributed by atoms with E-state index in [0.29, 0.717) is 34.3 Å². The Hall–Kier alpha value is -2.29. The van der Waals surface area contributed by atoms with Gasteiger partial charge < -0.3 is 10.2 Å². The molecule has 1 atom stereocenters. The predicted octanol–water partition coefficient (Wildman–Crippen LogP) is 4.40. The Morgan fingerprint density at radius 3 is 2.21 bits per heavy atom. The Kier molecular flexibility index (Phi) is 10.2. The molecular formula is C24H31Cl2N3O4S. The number of hydrogen-bond acceptors (Lipinski definition) is 4. The highest BCUT2D eigenvalue weighted by Gasteiger charge is 2.31. The van der Waals surface area contributed by atoms with E-state index in [9.17, 15) is 18.0 Å². The van der Waals surface area contributed by atoms with Crippen molar-refractivity contribution in [2.45, 2.75) is 46.2 Å². The number of sulfonamides is 1. The number of rotatable bonds is 11. The molecule has 0 heterocycles. The van der Waals surface area contributed by atoms with Crippen LogP contribution in [0.5, 0.6) is 0 Å². The van der Waals surface area contributed by atoms with Gasteiger partial charge in [0, 0.05) is 13.1 Å². The molecule has 0 unspecified atom stereocenters. The first-order valence-electron chi connectivity index (χ1n) is 11.0. The van der Waals surface area contributed by atoms with Crippen LogP contribution in [0.4, 0.5) is 5.69 Å². The minimum absolute atomic E-state index is 0.0687. The van der Waals surface area contributed by atoms with E-state index in [4.69, 9.17) is 23.2 Å². The Morgan fingerprint density at radius 1 is 1.03 bits per heavy atom. The highest BCUT2D eigenvalue weighted by molar-refractivity contribution is 7.92. The van der Waals surface area contributed by atoms with Crippen LogP contribution < -0.4 is 9.62 Å². The monoisotopic (exact) mass is 527 g/mol. The van der Waals surface area contributed by atoms with Crippen molar-refractivity contribution in [2.75, 3.05) is 23.7 Å². The second-order valence-corrected chi connectivity index (χ2v) is 10.8. The third kappa shape index (κ3) is 7.61. The molecule has 7 nitrogen and oxygen atoms in total. The van der Waals surface area contributed by atoms with Gasteiger partial charge in [-0.25, -0.2) is 8.42 Å². The number of benzene rings is 2. The quantitative estimate of drug-likeness (QED) is 0.469. The first-order chi connectivity index (χ1) is 16.0. The number of hydrogen-bond donors (Lipinski definition) is 1. The van der Waals surface area contributed by atoms with Gasteiger partial charge in [0.2, 0.25) is 21.8 Å². The molecule has 10 heteroatoms. The van der Waals surface area contributed by atoms with Crippen molar-refractivity contribution < 1.29 is 18.0 Å². The van der Waals surface area contributed by atoms with Crippen molar-refractivity contribution in [3.05, 3.63) is 63.6 Å². The first-order valence-corrected chi connectivity index (χ1v) is 13.6. The number of aryl methyl sites for hydroxylation is 1. The second-order valence-electron chi connectivity index (χ2n) is 8.09. The van der Waals surface area contributed by atoms with Gasteiger partial charge in [-0.05, 0) is 49.6 Å². The van der Waals surface area contributed by atoms with Gasteiger partial charge in [-0.15, -0.1) is 0 Å². The molecule has 0 fully saturated rings. The number of nitrogens with zero attached hydrogens (tertiary/aromatic N) is 2. The molecule has 0 radical (unpaired) electrons. The molecule has 0 aliphatic carbocycles. The third-order valence-corrected chi connectivity index (χ3v) is 7.15. The number of carbonyl (C=O) groups excluding carboxylic acids is 2. The summed E-state index contributed by atoms with van der Waals surface area (Å²) in [6, 6.07) is 11.0. The molecule has 0 saturated heterocycles. The van der Waals surface area contributed by atoms with Gasteiger partial charge in [0.15, 0.2) is 0 Å². The Balaban J connectivity index is 2.43. The summed E-state index contributed by atoms with van der Waals surface area (Å²) >= 11 is 12.2. The molecule has 0 aliphatic rings. The largest absolute Gasteiger partial charge is 0.354 e. The fourth-order valence-corrected chi connectivity index (χ4v) is 4.62. The van der Waals surface area contributed by atoms with E-state index in [2.05, 4.69) is 5.32 Å². The SMILES string of the molecule is CCCNC(=O)[C@H](CC)N(Cc1ccc(Cl)c(Cl)c1)C(=O)CN(c1ccc(C)cc1)S(C)(=O)=O. The lowest BCUT2D eigenvalue weighted by Crippen LogP contribution is -2.52. The highest BCUT2D eigenvalue weighted by Crippen LogP contribution is 2.25. The van der Waals surface area contributed by atoms with E-state index in [0.717, 1.165) is 22.5 Å². The fraction of sp³-hybridized carbons (Fsp3) is 0.417. The van der Waals surface area contributed by atoms with Crippen molar-refractivity contribution in [3.63, 3.8) is 0 Å². The zero-order valence-corrected chi connectivity index (χ0v) is 22.2. The smallest absolute Gasteiger partial charge is 0.244 e. The van der Waals surface area contributed by atoms with E-state index >= 15 is 0 Å². The Labute approximate surface area is 212 Å². The standard InChI is InChI=1S/C24H31Cl2N3O4S/c1-5-13-27-24(31)22(6-2)28(15-18-9-12-20(25)21(26)14-18)23(30)16-29(34(4,32)33)19-10-7-17(3)8-11-19/h7-12,14,22H,5-6,13,15-16H2,1-4H3,(H,27,31)/t22-/m0/s1. The summed E-state index contributed by atoms with van der Waals surface area (Å²) in [6.45, 7) is 5.73. The second kappa shape index (κ2) is 12.4. The molecule has 2 rings (SSSR count).